The van der Waals surface area contributed by atoms with E-state index in [-0.39, 0.29) is 17.9 Å². The number of pyridine rings is 1. The van der Waals surface area contributed by atoms with Crippen LogP contribution < -0.4 is 16.0 Å². The molecule has 3 aromatic carbocycles. The fraction of sp³-hybridized carbons (Fsp3) is 0.121. The number of allylic oxidation sites excluding steroid dienone is 1. The normalized spacial score (nSPS) is 14.6. The summed E-state index contributed by atoms with van der Waals surface area (Å²) < 4.78 is 0.979. The van der Waals surface area contributed by atoms with Gasteiger partial charge >= 0.3 is 6.03 Å². The van der Waals surface area contributed by atoms with Crippen LogP contribution in [0.1, 0.15) is 16.8 Å². The number of aromatic nitrogens is 2. The van der Waals surface area contributed by atoms with Gasteiger partial charge in [0.15, 0.2) is 0 Å². The Morgan fingerprint density at radius 2 is 1.78 bits per heavy atom. The van der Waals surface area contributed by atoms with Crippen LogP contribution in [0.25, 0.3) is 33.1 Å². The van der Waals surface area contributed by atoms with Gasteiger partial charge in [0.05, 0.1) is 16.8 Å². The van der Waals surface area contributed by atoms with Gasteiger partial charge < -0.3 is 20.9 Å². The van der Waals surface area contributed by atoms with Crippen molar-refractivity contribution in [2.75, 3.05) is 18.4 Å². The zero-order chi connectivity index (χ0) is 28.2. The first-order chi connectivity index (χ1) is 20.0. The van der Waals surface area contributed by atoms with Gasteiger partial charge in [0.1, 0.15) is 0 Å². The van der Waals surface area contributed by atoms with Crippen LogP contribution in [0.4, 0.5) is 10.5 Å². The number of benzene rings is 3. The van der Waals surface area contributed by atoms with E-state index in [1.165, 1.54) is 0 Å². The van der Waals surface area contributed by atoms with Crippen molar-refractivity contribution in [1.82, 2.24) is 20.6 Å². The van der Waals surface area contributed by atoms with E-state index in [0.29, 0.717) is 18.7 Å². The van der Waals surface area contributed by atoms with Crippen molar-refractivity contribution < 1.29 is 9.59 Å². The predicted octanol–water partition coefficient (Wildman–Crippen LogP) is 7.20. The van der Waals surface area contributed by atoms with Gasteiger partial charge in [-0.15, -0.1) is 0 Å². The number of hydrogen-bond donors (Lipinski definition) is 4. The average molecular weight is 607 g/mol. The maximum Gasteiger partial charge on any atom is 0.319 e. The quantitative estimate of drug-likeness (QED) is 0.158. The Balaban J connectivity index is 1.11. The van der Waals surface area contributed by atoms with Gasteiger partial charge in [-0.3, -0.25) is 4.79 Å². The number of hydrogen-bond acceptors (Lipinski definition) is 3. The maximum atomic E-state index is 13.5. The molecule has 2 aromatic heterocycles. The number of carbonyl (C=O) groups is 2. The highest BCUT2D eigenvalue weighted by atomic mass is 79.9. The Bertz CT molecular complexity index is 1810. The van der Waals surface area contributed by atoms with Crippen molar-refractivity contribution in [3.63, 3.8) is 0 Å². The summed E-state index contributed by atoms with van der Waals surface area (Å²) in [5.74, 6) is 0.0421. The summed E-state index contributed by atoms with van der Waals surface area (Å²) in [6.07, 6.45) is 8.93. The molecule has 0 spiro atoms. The van der Waals surface area contributed by atoms with E-state index in [1.807, 2.05) is 85.1 Å². The van der Waals surface area contributed by atoms with E-state index in [1.54, 1.807) is 0 Å². The minimum absolute atomic E-state index is 0.151. The van der Waals surface area contributed by atoms with Crippen LogP contribution in [-0.4, -0.2) is 35.0 Å². The lowest BCUT2D eigenvalue weighted by Gasteiger charge is -2.18. The number of nitrogens with one attached hydrogen (secondary N) is 4. The Kier molecular flexibility index (Phi) is 7.65. The Morgan fingerprint density at radius 3 is 2.61 bits per heavy atom. The summed E-state index contributed by atoms with van der Waals surface area (Å²) in [5, 5.41) is 10.7. The molecule has 0 fully saturated rings. The van der Waals surface area contributed by atoms with Gasteiger partial charge in [-0.05, 0) is 60.4 Å². The van der Waals surface area contributed by atoms with E-state index in [2.05, 4.69) is 55.1 Å². The SMILES string of the molecule is O=C(NCC1C=CC(CNC(=O)c2cc(-c3c[nH]c4ccc(Br)cc34)nc3ccccc23)=CC1)Nc1ccccc1. The third-order valence-electron chi connectivity index (χ3n) is 7.16. The molecule has 0 aliphatic heterocycles. The number of fused-ring (bicyclic) bond motifs is 2. The first-order valence-corrected chi connectivity index (χ1v) is 14.2. The van der Waals surface area contributed by atoms with Crippen LogP contribution in [0.3, 0.4) is 0 Å². The number of aromatic amines is 1. The van der Waals surface area contributed by atoms with E-state index in [0.717, 1.165) is 55.2 Å². The van der Waals surface area contributed by atoms with Gasteiger partial charge in [0.2, 0.25) is 0 Å². The second-order valence-corrected chi connectivity index (χ2v) is 10.9. The summed E-state index contributed by atoms with van der Waals surface area (Å²) >= 11 is 3.56. The molecule has 1 atom stereocenters. The van der Waals surface area contributed by atoms with Gasteiger partial charge in [-0.2, -0.15) is 0 Å². The lowest BCUT2D eigenvalue weighted by atomic mass is 9.96. The highest BCUT2D eigenvalue weighted by molar-refractivity contribution is 9.10. The number of urea groups is 1. The molecule has 7 nitrogen and oxygen atoms in total. The summed E-state index contributed by atoms with van der Waals surface area (Å²) in [5.41, 5.74) is 5.82. The van der Waals surface area contributed by atoms with Crippen molar-refractivity contribution in [3.05, 3.63) is 119 Å². The maximum absolute atomic E-state index is 13.5. The zero-order valence-electron chi connectivity index (χ0n) is 22.2. The summed E-state index contributed by atoms with van der Waals surface area (Å²) in [6, 6.07) is 24.8. The second-order valence-electron chi connectivity index (χ2n) is 9.98. The number of carbonyl (C=O) groups excluding carboxylic acids is 2. The Labute approximate surface area is 245 Å². The molecule has 0 saturated carbocycles. The molecule has 0 saturated heterocycles. The fourth-order valence-electron chi connectivity index (χ4n) is 5.00. The smallest absolute Gasteiger partial charge is 0.319 e. The molecule has 0 bridgehead atoms. The molecule has 1 aliphatic carbocycles. The van der Waals surface area contributed by atoms with Crippen LogP contribution in [0.15, 0.2) is 113 Å². The highest BCUT2D eigenvalue weighted by Gasteiger charge is 2.17. The molecular formula is C33H28BrN5O2. The largest absolute Gasteiger partial charge is 0.360 e. The average Bonchev–Trinajstić information content (AvgIpc) is 3.42. The van der Waals surface area contributed by atoms with E-state index in [4.69, 9.17) is 4.98 Å². The van der Waals surface area contributed by atoms with E-state index < -0.39 is 0 Å². The summed E-state index contributed by atoms with van der Waals surface area (Å²) in [4.78, 5) is 33.8. The number of rotatable bonds is 7. The first-order valence-electron chi connectivity index (χ1n) is 13.5. The Hall–Kier alpha value is -4.69. The Morgan fingerprint density at radius 1 is 0.951 bits per heavy atom. The topological polar surface area (TPSA) is 98.9 Å². The lowest BCUT2D eigenvalue weighted by molar-refractivity contribution is 0.0959. The van der Waals surface area contributed by atoms with Crippen LogP contribution in [0.5, 0.6) is 0 Å². The predicted molar refractivity (Wildman–Crippen MR) is 168 cm³/mol. The van der Waals surface area contributed by atoms with E-state index >= 15 is 0 Å². The second kappa shape index (κ2) is 11.8. The van der Waals surface area contributed by atoms with Crippen LogP contribution in [0.2, 0.25) is 0 Å². The minimum atomic E-state index is -0.226. The van der Waals surface area contributed by atoms with Gasteiger partial charge in [0, 0.05) is 51.3 Å². The van der Waals surface area contributed by atoms with Crippen molar-refractivity contribution in [3.8, 4) is 11.3 Å². The van der Waals surface area contributed by atoms with Crippen molar-refractivity contribution >= 4 is 55.4 Å². The number of H-pyrrole nitrogens is 1. The molecule has 3 amide bonds. The monoisotopic (exact) mass is 605 g/mol. The summed E-state index contributed by atoms with van der Waals surface area (Å²) in [7, 11) is 0. The number of halogens is 1. The van der Waals surface area contributed by atoms with Crippen molar-refractivity contribution in [2.45, 2.75) is 6.42 Å². The molecule has 8 heteroatoms. The molecule has 6 rings (SSSR count). The van der Waals surface area contributed by atoms with Crippen molar-refractivity contribution in [2.24, 2.45) is 5.92 Å². The van der Waals surface area contributed by atoms with Crippen LogP contribution in [0, 0.1) is 5.92 Å². The molecule has 0 radical (unpaired) electrons. The standard InChI is InChI=1S/C33H28BrN5O2/c34-23-14-15-29-26(16-23)28(20-35-29)31-17-27(25-8-4-5-9-30(25)39-31)32(40)36-18-21-10-12-22(13-11-21)19-37-33(41)38-24-6-2-1-3-7-24/h1-12,14-17,20,22,35H,13,18-19H2,(H,36,40)(H2,37,38,41). The third kappa shape index (κ3) is 6.07. The first kappa shape index (κ1) is 26.5. The van der Waals surface area contributed by atoms with Crippen LogP contribution >= 0.6 is 15.9 Å². The number of amides is 3. The molecule has 4 N–H and O–H groups in total. The molecule has 41 heavy (non-hydrogen) atoms. The van der Waals surface area contributed by atoms with E-state index in [9.17, 15) is 9.59 Å². The number of anilines is 1. The number of para-hydroxylation sites is 2. The molecule has 1 unspecified atom stereocenters. The molecule has 2 heterocycles. The fourth-order valence-corrected chi connectivity index (χ4v) is 5.36. The van der Waals surface area contributed by atoms with Gasteiger partial charge in [-0.25, -0.2) is 9.78 Å². The van der Waals surface area contributed by atoms with Crippen molar-refractivity contribution in [1.29, 1.82) is 0 Å². The minimum Gasteiger partial charge on any atom is -0.360 e. The molecule has 204 valence electrons. The highest BCUT2D eigenvalue weighted by Crippen LogP contribution is 2.32. The summed E-state index contributed by atoms with van der Waals surface area (Å²) in [6.45, 7) is 0.942. The lowest BCUT2D eigenvalue weighted by Crippen LogP contribution is -2.33. The molecule has 5 aromatic rings. The molecular weight excluding hydrogens is 578 g/mol. The van der Waals surface area contributed by atoms with Gasteiger partial charge in [-0.1, -0.05) is 70.6 Å². The number of nitrogens with zero attached hydrogens (tertiary/aromatic N) is 1. The van der Waals surface area contributed by atoms with Crippen LogP contribution in [-0.2, 0) is 0 Å². The van der Waals surface area contributed by atoms with Gasteiger partial charge in [0.25, 0.3) is 5.91 Å². The molecule has 1 aliphatic rings. The third-order valence-corrected chi connectivity index (χ3v) is 7.65. The zero-order valence-corrected chi connectivity index (χ0v) is 23.7.